The summed E-state index contributed by atoms with van der Waals surface area (Å²) in [5.41, 5.74) is 7.30. The Morgan fingerprint density at radius 1 is 0.805 bits per heavy atom. The van der Waals surface area contributed by atoms with Crippen LogP contribution < -0.4 is 5.43 Å². The molecule has 8 rings (SSSR count). The van der Waals surface area contributed by atoms with Crippen molar-refractivity contribution in [3.8, 4) is 0 Å². The molecular weight excluding hydrogens is 534 g/mol. The predicted molar refractivity (Wildman–Crippen MR) is 156 cm³/mol. The molecule has 7 heteroatoms. The molecule has 3 amide bonds. The van der Waals surface area contributed by atoms with Crippen molar-refractivity contribution in [2.75, 3.05) is 0 Å². The van der Waals surface area contributed by atoms with Crippen LogP contribution in [0.2, 0.25) is 5.02 Å². The van der Waals surface area contributed by atoms with Gasteiger partial charge in [-0.25, -0.2) is 5.43 Å². The van der Waals surface area contributed by atoms with Gasteiger partial charge in [-0.15, -0.1) is 0 Å². The summed E-state index contributed by atoms with van der Waals surface area (Å²) in [7, 11) is 0. The topological polar surface area (TPSA) is 78.8 Å². The highest BCUT2D eigenvalue weighted by molar-refractivity contribution is 6.30. The molecule has 202 valence electrons. The number of carbonyl (C=O) groups excluding carboxylic acids is 3. The minimum atomic E-state index is -1.02. The first kappa shape index (κ1) is 25.4. The summed E-state index contributed by atoms with van der Waals surface area (Å²) in [6, 6.07) is 32.6. The number of benzene rings is 4. The molecule has 4 aliphatic rings. The van der Waals surface area contributed by atoms with Crippen molar-refractivity contribution in [1.29, 1.82) is 0 Å². The highest BCUT2D eigenvalue weighted by atomic mass is 35.5. The molecule has 1 heterocycles. The average Bonchev–Trinajstić information content (AvgIpc) is 3.25. The summed E-state index contributed by atoms with van der Waals surface area (Å²) >= 11 is 5.98. The fourth-order valence-electron chi connectivity index (χ4n) is 7.06. The van der Waals surface area contributed by atoms with Crippen LogP contribution in [0.25, 0.3) is 0 Å². The summed E-state index contributed by atoms with van der Waals surface area (Å²) in [5, 5.41) is 5.07. The van der Waals surface area contributed by atoms with E-state index < -0.39 is 17.3 Å². The molecule has 41 heavy (non-hydrogen) atoms. The lowest BCUT2D eigenvalue weighted by molar-refractivity contribution is -0.140. The van der Waals surface area contributed by atoms with Gasteiger partial charge in [-0.05, 0) is 45.5 Å². The Kier molecular flexibility index (Phi) is 6.09. The van der Waals surface area contributed by atoms with Crippen LogP contribution in [-0.2, 0) is 32.8 Å². The monoisotopic (exact) mass is 559 g/mol. The zero-order chi connectivity index (χ0) is 28.1. The molecule has 3 aliphatic carbocycles. The van der Waals surface area contributed by atoms with Gasteiger partial charge >= 0.3 is 0 Å². The van der Waals surface area contributed by atoms with E-state index >= 15 is 0 Å². The second-order valence-corrected chi connectivity index (χ2v) is 11.3. The number of hydrogen-bond acceptors (Lipinski definition) is 4. The third-order valence-corrected chi connectivity index (χ3v) is 8.95. The smallest absolute Gasteiger partial charge is 0.244 e. The number of hydrogen-bond donors (Lipinski definition) is 1. The third kappa shape index (κ3) is 3.93. The molecule has 0 radical (unpaired) electrons. The highest BCUT2D eigenvalue weighted by Crippen LogP contribution is 2.63. The van der Waals surface area contributed by atoms with Crippen LogP contribution in [0.1, 0.15) is 39.3 Å². The SMILES string of the molecule is O=C(Cc1ccc(Cl)cc1)N/N=C\C12c3ccccc3C(c3ccccc31)[C@@H]1C(=O)N(Cc3ccccc3)C(=O)[C@@H]12. The number of nitrogens with zero attached hydrogens (tertiary/aromatic N) is 2. The third-order valence-electron chi connectivity index (χ3n) is 8.69. The van der Waals surface area contributed by atoms with Crippen molar-refractivity contribution < 1.29 is 14.4 Å². The van der Waals surface area contributed by atoms with Crippen LogP contribution in [0, 0.1) is 11.8 Å². The molecule has 0 aromatic heterocycles. The lowest BCUT2D eigenvalue weighted by atomic mass is 9.47. The summed E-state index contributed by atoms with van der Waals surface area (Å²) in [6.45, 7) is 0.218. The van der Waals surface area contributed by atoms with Crippen LogP contribution in [0.5, 0.6) is 0 Å². The van der Waals surface area contributed by atoms with E-state index in [0.29, 0.717) is 5.02 Å². The largest absolute Gasteiger partial charge is 0.278 e. The Morgan fingerprint density at radius 3 is 2.07 bits per heavy atom. The molecule has 4 aromatic carbocycles. The van der Waals surface area contributed by atoms with Gasteiger partial charge in [0.2, 0.25) is 17.7 Å². The van der Waals surface area contributed by atoms with Crippen molar-refractivity contribution in [3.63, 3.8) is 0 Å². The Hall–Kier alpha value is -4.55. The number of halogens is 1. The second kappa shape index (κ2) is 9.82. The van der Waals surface area contributed by atoms with E-state index in [4.69, 9.17) is 11.6 Å². The second-order valence-electron chi connectivity index (χ2n) is 10.9. The quantitative estimate of drug-likeness (QED) is 0.200. The van der Waals surface area contributed by atoms with Gasteiger partial charge in [-0.3, -0.25) is 19.3 Å². The van der Waals surface area contributed by atoms with Crippen molar-refractivity contribution in [2.45, 2.75) is 24.3 Å². The van der Waals surface area contributed by atoms with Gasteiger partial charge in [-0.2, -0.15) is 5.10 Å². The molecule has 6 nitrogen and oxygen atoms in total. The molecule has 1 aliphatic heterocycles. The molecule has 2 bridgehead atoms. The maximum Gasteiger partial charge on any atom is 0.244 e. The van der Waals surface area contributed by atoms with Crippen LogP contribution in [-0.4, -0.2) is 28.8 Å². The molecule has 1 saturated heterocycles. The van der Waals surface area contributed by atoms with E-state index in [1.54, 1.807) is 30.5 Å². The first-order chi connectivity index (χ1) is 20.0. The average molecular weight is 560 g/mol. The van der Waals surface area contributed by atoms with Gasteiger partial charge in [0, 0.05) is 17.2 Å². The summed E-state index contributed by atoms with van der Waals surface area (Å²) in [4.78, 5) is 42.6. The van der Waals surface area contributed by atoms with Gasteiger partial charge in [0.25, 0.3) is 0 Å². The van der Waals surface area contributed by atoms with Crippen LogP contribution in [0.15, 0.2) is 108 Å². The minimum Gasteiger partial charge on any atom is -0.278 e. The minimum absolute atomic E-state index is 0.130. The van der Waals surface area contributed by atoms with E-state index in [9.17, 15) is 14.4 Å². The lowest BCUT2D eigenvalue weighted by Crippen LogP contribution is -2.54. The zero-order valence-corrected chi connectivity index (χ0v) is 22.8. The van der Waals surface area contributed by atoms with E-state index in [1.165, 1.54) is 4.90 Å². The maximum absolute atomic E-state index is 14.3. The van der Waals surface area contributed by atoms with Gasteiger partial charge in [-0.1, -0.05) is 103 Å². The Labute approximate surface area is 242 Å². The number of likely N-dealkylation sites (tertiary alicyclic amines) is 1. The molecule has 1 fully saturated rings. The van der Waals surface area contributed by atoms with Crippen LogP contribution in [0.4, 0.5) is 0 Å². The highest BCUT2D eigenvalue weighted by Gasteiger charge is 2.67. The first-order valence-corrected chi connectivity index (χ1v) is 14.0. The van der Waals surface area contributed by atoms with Crippen LogP contribution in [0.3, 0.4) is 0 Å². The summed E-state index contributed by atoms with van der Waals surface area (Å²) < 4.78 is 0. The van der Waals surface area contributed by atoms with E-state index in [2.05, 4.69) is 10.5 Å². The molecule has 0 unspecified atom stereocenters. The molecule has 0 saturated carbocycles. The first-order valence-electron chi connectivity index (χ1n) is 13.6. The summed E-state index contributed by atoms with van der Waals surface area (Å²) in [5.74, 6) is -2.14. The molecular formula is C34H26ClN3O3. The van der Waals surface area contributed by atoms with Crippen molar-refractivity contribution >= 4 is 35.5 Å². The lowest BCUT2D eigenvalue weighted by Gasteiger charge is -2.52. The normalized spacial score (nSPS) is 23.8. The fourth-order valence-corrected chi connectivity index (χ4v) is 7.19. The Morgan fingerprint density at radius 2 is 1.41 bits per heavy atom. The zero-order valence-electron chi connectivity index (χ0n) is 22.0. The van der Waals surface area contributed by atoms with Gasteiger partial charge in [0.05, 0.1) is 30.2 Å². The van der Waals surface area contributed by atoms with Gasteiger partial charge in [0.1, 0.15) is 0 Å². The maximum atomic E-state index is 14.3. The predicted octanol–water partition coefficient (Wildman–Crippen LogP) is 5.23. The van der Waals surface area contributed by atoms with Gasteiger partial charge < -0.3 is 0 Å². The summed E-state index contributed by atoms with van der Waals surface area (Å²) in [6.07, 6.45) is 1.82. The molecule has 0 spiro atoms. The Bertz CT molecular complexity index is 1670. The van der Waals surface area contributed by atoms with Crippen molar-refractivity contribution in [3.05, 3.63) is 142 Å². The fraction of sp³-hybridized carbons (Fsp3) is 0.176. The molecule has 4 aromatic rings. The van der Waals surface area contributed by atoms with E-state index in [0.717, 1.165) is 33.4 Å². The molecule has 2 atom stereocenters. The van der Waals surface area contributed by atoms with Crippen molar-refractivity contribution in [1.82, 2.24) is 10.3 Å². The number of hydrazone groups is 1. The number of carbonyl (C=O) groups is 3. The number of rotatable bonds is 6. The number of nitrogens with one attached hydrogen (secondary N) is 1. The standard InChI is InChI=1S/C34H26ClN3O3/c35-23-16-14-21(15-17-23)18-28(39)37-36-20-34-26-12-6-4-10-24(26)29(25-11-5-7-13-27(25)34)30-31(34)33(41)38(32(30)40)19-22-8-2-1-3-9-22/h1-17,20,29-31H,18-19H2,(H,37,39)/b36-20-/t29?,30-,31+,34?/m0/s1. The van der Waals surface area contributed by atoms with Crippen molar-refractivity contribution in [2.24, 2.45) is 16.9 Å². The number of amides is 3. The number of imide groups is 1. The Balaban J connectivity index is 1.31. The van der Waals surface area contributed by atoms with E-state index in [-0.39, 0.29) is 36.6 Å². The van der Waals surface area contributed by atoms with Crippen LogP contribution >= 0.6 is 11.6 Å². The van der Waals surface area contributed by atoms with Gasteiger partial charge in [0.15, 0.2) is 0 Å². The van der Waals surface area contributed by atoms with E-state index in [1.807, 2.05) is 78.9 Å². The molecule has 1 N–H and O–H groups in total.